The van der Waals surface area contributed by atoms with Crippen LogP contribution in [0.4, 0.5) is 0 Å². The van der Waals surface area contributed by atoms with E-state index in [1.165, 1.54) is 6.92 Å². The van der Waals surface area contributed by atoms with Gasteiger partial charge in [0.25, 0.3) is 0 Å². The molecule has 0 saturated heterocycles. The molecular weight excluding hydrogens is 116 g/mol. The first-order chi connectivity index (χ1) is 4.22. The predicted octanol–water partition coefficient (Wildman–Crippen LogP) is 1.35. The van der Waals surface area contributed by atoms with E-state index >= 15 is 0 Å². The highest BCUT2D eigenvalue weighted by Gasteiger charge is 2.10. The van der Waals surface area contributed by atoms with Crippen molar-refractivity contribution in [2.24, 2.45) is 0 Å². The highest BCUT2D eigenvalue weighted by Crippen LogP contribution is 2.16. The third-order valence-corrected chi connectivity index (χ3v) is 1.29. The number of allylic oxidation sites excluding steroid dienone is 3. The van der Waals surface area contributed by atoms with Gasteiger partial charge in [0.2, 0.25) is 0 Å². The van der Waals surface area contributed by atoms with Crippen molar-refractivity contribution in [1.82, 2.24) is 0 Å². The molecule has 2 nitrogen and oxygen atoms in total. The molecule has 0 aromatic carbocycles. The van der Waals surface area contributed by atoms with Crippen LogP contribution in [-0.4, -0.2) is 10.9 Å². The number of aliphatic hydroxyl groups excluding tert-OH is 1. The molecule has 0 amide bonds. The van der Waals surface area contributed by atoms with Crippen LogP contribution in [-0.2, 0) is 4.79 Å². The minimum absolute atomic E-state index is 0.0683. The van der Waals surface area contributed by atoms with Crippen LogP contribution in [0.5, 0.6) is 0 Å². The summed E-state index contributed by atoms with van der Waals surface area (Å²) in [7, 11) is 0. The largest absolute Gasteiger partial charge is 0.511 e. The predicted molar refractivity (Wildman–Crippen MR) is 34.1 cm³/mol. The zero-order chi connectivity index (χ0) is 6.85. The Kier molecular flexibility index (Phi) is 1.39. The third-order valence-electron chi connectivity index (χ3n) is 1.29. The summed E-state index contributed by atoms with van der Waals surface area (Å²) in [5, 5.41) is 8.96. The summed E-state index contributed by atoms with van der Waals surface area (Å²) in [4.78, 5) is 10.6. The Balaban J connectivity index is 2.89. The van der Waals surface area contributed by atoms with Gasteiger partial charge in [0.05, 0.1) is 5.57 Å². The average molecular weight is 124 g/mol. The molecular formula is C7H8O2. The molecule has 1 rings (SSSR count). The van der Waals surface area contributed by atoms with Crippen LogP contribution in [0.1, 0.15) is 13.3 Å². The molecule has 0 aliphatic heterocycles. The minimum Gasteiger partial charge on any atom is -0.511 e. The van der Waals surface area contributed by atoms with E-state index in [9.17, 15) is 4.79 Å². The van der Waals surface area contributed by atoms with Crippen LogP contribution in [0.3, 0.4) is 0 Å². The fraction of sp³-hybridized carbons (Fsp3) is 0.286. The Morgan fingerprint density at radius 2 is 2.44 bits per heavy atom. The summed E-state index contributed by atoms with van der Waals surface area (Å²) in [6.45, 7) is 1.45. The van der Waals surface area contributed by atoms with Crippen molar-refractivity contribution in [3.05, 3.63) is 23.5 Å². The van der Waals surface area contributed by atoms with E-state index in [-0.39, 0.29) is 11.5 Å². The number of Topliss-reactive ketones (excluding diaryl/α,β-unsaturated/α-hetero) is 1. The van der Waals surface area contributed by atoms with Gasteiger partial charge in [-0.1, -0.05) is 12.2 Å². The van der Waals surface area contributed by atoms with Crippen molar-refractivity contribution in [2.45, 2.75) is 13.3 Å². The Bertz CT molecular complexity index is 199. The number of hydrogen-bond donors (Lipinski definition) is 1. The van der Waals surface area contributed by atoms with E-state index in [1.54, 1.807) is 12.2 Å². The number of carbonyl (C=O) groups excluding carboxylic acids is 1. The Morgan fingerprint density at radius 3 is 2.67 bits per heavy atom. The molecule has 1 aliphatic rings. The Morgan fingerprint density at radius 1 is 1.78 bits per heavy atom. The van der Waals surface area contributed by atoms with Gasteiger partial charge in [-0.3, -0.25) is 4.79 Å². The van der Waals surface area contributed by atoms with Gasteiger partial charge in [-0.2, -0.15) is 0 Å². The standard InChI is InChI=1S/C7H8O2/c1-5(8)6-3-2-4-7(6)9/h2-3,9H,4H2,1H3. The molecule has 0 radical (unpaired) electrons. The molecule has 0 aromatic rings. The van der Waals surface area contributed by atoms with E-state index in [2.05, 4.69) is 0 Å². The number of aliphatic hydroxyl groups is 1. The Hall–Kier alpha value is -1.05. The number of rotatable bonds is 1. The first kappa shape index (κ1) is 6.08. The van der Waals surface area contributed by atoms with Gasteiger partial charge in [-0.15, -0.1) is 0 Å². The highest BCUT2D eigenvalue weighted by molar-refractivity contribution is 5.97. The van der Waals surface area contributed by atoms with Gasteiger partial charge in [0.15, 0.2) is 5.78 Å². The highest BCUT2D eigenvalue weighted by atomic mass is 16.3. The number of carbonyl (C=O) groups is 1. The molecule has 0 spiro atoms. The van der Waals surface area contributed by atoms with Gasteiger partial charge in [0.1, 0.15) is 5.76 Å². The zero-order valence-electron chi connectivity index (χ0n) is 5.22. The van der Waals surface area contributed by atoms with Crippen LogP contribution in [0.25, 0.3) is 0 Å². The van der Waals surface area contributed by atoms with Crippen molar-refractivity contribution in [3.8, 4) is 0 Å². The summed E-state index contributed by atoms with van der Waals surface area (Å²) < 4.78 is 0. The number of hydrogen-bond acceptors (Lipinski definition) is 2. The molecule has 0 saturated carbocycles. The molecule has 1 N–H and O–H groups in total. The van der Waals surface area contributed by atoms with E-state index in [4.69, 9.17) is 5.11 Å². The van der Waals surface area contributed by atoms with E-state index in [0.29, 0.717) is 12.0 Å². The zero-order valence-corrected chi connectivity index (χ0v) is 5.22. The van der Waals surface area contributed by atoms with Gasteiger partial charge < -0.3 is 5.11 Å². The summed E-state index contributed by atoms with van der Waals surface area (Å²) in [5.74, 6) is 0.128. The topological polar surface area (TPSA) is 37.3 Å². The van der Waals surface area contributed by atoms with E-state index in [0.717, 1.165) is 0 Å². The quantitative estimate of drug-likeness (QED) is 0.572. The van der Waals surface area contributed by atoms with E-state index in [1.807, 2.05) is 0 Å². The maximum Gasteiger partial charge on any atom is 0.163 e. The maximum absolute atomic E-state index is 10.6. The molecule has 1 aliphatic carbocycles. The molecule has 0 unspecified atom stereocenters. The van der Waals surface area contributed by atoms with Crippen molar-refractivity contribution in [1.29, 1.82) is 0 Å². The second-order valence-corrected chi connectivity index (χ2v) is 2.02. The Labute approximate surface area is 53.5 Å². The summed E-state index contributed by atoms with van der Waals surface area (Å²) in [6.07, 6.45) is 3.93. The SMILES string of the molecule is CC(=O)C1=C(O)CC=C1. The van der Waals surface area contributed by atoms with Gasteiger partial charge in [-0.25, -0.2) is 0 Å². The summed E-state index contributed by atoms with van der Waals surface area (Å²) in [5.41, 5.74) is 0.454. The van der Waals surface area contributed by atoms with Gasteiger partial charge in [0, 0.05) is 6.42 Å². The lowest BCUT2D eigenvalue weighted by Crippen LogP contribution is -1.94. The number of ketones is 1. The van der Waals surface area contributed by atoms with Crippen molar-refractivity contribution in [3.63, 3.8) is 0 Å². The molecule has 0 fully saturated rings. The first-order valence-electron chi connectivity index (χ1n) is 2.81. The third kappa shape index (κ3) is 1.02. The lowest BCUT2D eigenvalue weighted by atomic mass is 10.2. The monoisotopic (exact) mass is 124 g/mol. The van der Waals surface area contributed by atoms with Gasteiger partial charge >= 0.3 is 0 Å². The van der Waals surface area contributed by atoms with E-state index < -0.39 is 0 Å². The molecule has 0 heterocycles. The molecule has 2 heteroatoms. The van der Waals surface area contributed by atoms with Crippen LogP contribution in [0, 0.1) is 0 Å². The normalized spacial score (nSPS) is 17.0. The molecule has 0 atom stereocenters. The fourth-order valence-electron chi connectivity index (χ4n) is 0.815. The van der Waals surface area contributed by atoms with Crippen LogP contribution in [0.15, 0.2) is 23.5 Å². The molecule has 9 heavy (non-hydrogen) atoms. The van der Waals surface area contributed by atoms with Crippen molar-refractivity contribution < 1.29 is 9.90 Å². The first-order valence-corrected chi connectivity index (χ1v) is 2.81. The average Bonchev–Trinajstić information content (AvgIpc) is 2.13. The fourth-order valence-corrected chi connectivity index (χ4v) is 0.815. The van der Waals surface area contributed by atoms with Crippen molar-refractivity contribution >= 4 is 5.78 Å². The van der Waals surface area contributed by atoms with Crippen LogP contribution >= 0.6 is 0 Å². The second kappa shape index (κ2) is 2.05. The maximum atomic E-state index is 10.6. The smallest absolute Gasteiger partial charge is 0.163 e. The second-order valence-electron chi connectivity index (χ2n) is 2.02. The molecule has 48 valence electrons. The summed E-state index contributed by atoms with van der Waals surface area (Å²) in [6, 6.07) is 0. The van der Waals surface area contributed by atoms with Crippen LogP contribution < -0.4 is 0 Å². The molecule has 0 bridgehead atoms. The summed E-state index contributed by atoms with van der Waals surface area (Å²) >= 11 is 0. The van der Waals surface area contributed by atoms with Crippen molar-refractivity contribution in [2.75, 3.05) is 0 Å². The molecule has 0 aromatic heterocycles. The van der Waals surface area contributed by atoms with Gasteiger partial charge in [-0.05, 0) is 6.92 Å². The lowest BCUT2D eigenvalue weighted by Gasteiger charge is -1.92. The minimum atomic E-state index is -0.0683. The van der Waals surface area contributed by atoms with Crippen LogP contribution in [0.2, 0.25) is 0 Å². The lowest BCUT2D eigenvalue weighted by molar-refractivity contribution is -0.113.